The standard InChI is InChI=1S/C7H18O3Si/c1-7(10,5-8)6(9)11(2,3)4/h6,8-10H,5H2,1-4H3. The van der Waals surface area contributed by atoms with Gasteiger partial charge in [-0.2, -0.15) is 0 Å². The van der Waals surface area contributed by atoms with Crippen LogP contribution in [0.25, 0.3) is 0 Å². The van der Waals surface area contributed by atoms with Crippen molar-refractivity contribution >= 4 is 8.07 Å². The average molecular weight is 178 g/mol. The van der Waals surface area contributed by atoms with Crippen LogP contribution in [0, 0.1) is 0 Å². The smallest absolute Gasteiger partial charge is 0.108 e. The Bertz CT molecular complexity index is 128. The third-order valence-electron chi connectivity index (χ3n) is 1.73. The zero-order chi connectivity index (χ0) is 9.28. The van der Waals surface area contributed by atoms with E-state index in [1.807, 2.05) is 19.6 Å². The number of hydrogen-bond donors (Lipinski definition) is 3. The number of aliphatic hydroxyl groups is 3. The van der Waals surface area contributed by atoms with Crippen molar-refractivity contribution < 1.29 is 15.3 Å². The highest BCUT2D eigenvalue weighted by molar-refractivity contribution is 6.77. The second-order valence-corrected chi connectivity index (χ2v) is 9.56. The van der Waals surface area contributed by atoms with E-state index in [-0.39, 0.29) is 0 Å². The van der Waals surface area contributed by atoms with Crippen LogP contribution in [0.15, 0.2) is 0 Å². The summed E-state index contributed by atoms with van der Waals surface area (Å²) in [5.74, 6) is 0. The summed E-state index contributed by atoms with van der Waals surface area (Å²) in [6, 6.07) is 0. The van der Waals surface area contributed by atoms with Crippen LogP contribution in [0.1, 0.15) is 6.92 Å². The molecular formula is C7H18O3Si. The van der Waals surface area contributed by atoms with Crippen molar-refractivity contribution in [3.63, 3.8) is 0 Å². The van der Waals surface area contributed by atoms with Gasteiger partial charge in [0.25, 0.3) is 0 Å². The maximum Gasteiger partial charge on any atom is 0.108 e. The van der Waals surface area contributed by atoms with Gasteiger partial charge < -0.3 is 15.3 Å². The summed E-state index contributed by atoms with van der Waals surface area (Å²) in [7, 11) is -1.77. The maximum absolute atomic E-state index is 9.57. The lowest BCUT2D eigenvalue weighted by Gasteiger charge is -2.35. The van der Waals surface area contributed by atoms with Crippen LogP contribution in [-0.4, -0.2) is 41.3 Å². The first-order valence-corrected chi connectivity index (χ1v) is 7.31. The molecule has 68 valence electrons. The molecule has 0 aromatic rings. The molecule has 0 radical (unpaired) electrons. The van der Waals surface area contributed by atoms with Crippen LogP contribution in [0.5, 0.6) is 0 Å². The largest absolute Gasteiger partial charge is 0.394 e. The molecular weight excluding hydrogens is 160 g/mol. The van der Waals surface area contributed by atoms with E-state index in [1.54, 1.807) is 0 Å². The Balaban J connectivity index is 4.35. The lowest BCUT2D eigenvalue weighted by atomic mass is 10.1. The van der Waals surface area contributed by atoms with Gasteiger partial charge in [0.15, 0.2) is 0 Å². The molecule has 0 heterocycles. The molecule has 0 fully saturated rings. The number of hydrogen-bond acceptors (Lipinski definition) is 3. The number of rotatable bonds is 3. The van der Waals surface area contributed by atoms with E-state index in [0.29, 0.717) is 0 Å². The van der Waals surface area contributed by atoms with Crippen molar-refractivity contribution in [1.29, 1.82) is 0 Å². The molecule has 0 aromatic carbocycles. The molecule has 0 saturated heterocycles. The van der Waals surface area contributed by atoms with Gasteiger partial charge in [-0.15, -0.1) is 0 Å². The molecule has 0 aliphatic rings. The lowest BCUT2D eigenvalue weighted by molar-refractivity contribution is -0.0629. The minimum Gasteiger partial charge on any atom is -0.394 e. The molecule has 3 N–H and O–H groups in total. The highest BCUT2D eigenvalue weighted by Crippen LogP contribution is 2.19. The molecule has 0 spiro atoms. The molecule has 0 aliphatic carbocycles. The van der Waals surface area contributed by atoms with Crippen LogP contribution in [-0.2, 0) is 0 Å². The predicted molar refractivity (Wildman–Crippen MR) is 47.1 cm³/mol. The van der Waals surface area contributed by atoms with E-state index < -0.39 is 26.0 Å². The first-order valence-electron chi connectivity index (χ1n) is 3.73. The summed E-state index contributed by atoms with van der Waals surface area (Å²) >= 11 is 0. The summed E-state index contributed by atoms with van der Waals surface area (Å²) < 4.78 is 0. The first-order chi connectivity index (χ1) is 4.72. The van der Waals surface area contributed by atoms with E-state index >= 15 is 0 Å². The fraction of sp³-hybridized carbons (Fsp3) is 1.00. The Kier molecular flexibility index (Phi) is 3.25. The molecule has 0 aromatic heterocycles. The van der Waals surface area contributed by atoms with Gasteiger partial charge >= 0.3 is 0 Å². The summed E-state index contributed by atoms with van der Waals surface area (Å²) in [5, 5.41) is 27.8. The van der Waals surface area contributed by atoms with Crippen molar-refractivity contribution in [2.75, 3.05) is 6.61 Å². The predicted octanol–water partition coefficient (Wildman–Crippen LogP) is -0.0320. The van der Waals surface area contributed by atoms with Gasteiger partial charge in [0.05, 0.1) is 20.4 Å². The molecule has 11 heavy (non-hydrogen) atoms. The maximum atomic E-state index is 9.57. The second-order valence-electron chi connectivity index (χ2n) is 4.28. The molecule has 0 bridgehead atoms. The van der Waals surface area contributed by atoms with Gasteiger partial charge in [-0.1, -0.05) is 19.6 Å². The summed E-state index contributed by atoms with van der Waals surface area (Å²) in [6.45, 7) is 6.90. The van der Waals surface area contributed by atoms with E-state index in [4.69, 9.17) is 5.11 Å². The van der Waals surface area contributed by atoms with Gasteiger partial charge in [-0.3, -0.25) is 0 Å². The minimum absolute atomic E-state index is 0.390. The van der Waals surface area contributed by atoms with E-state index in [9.17, 15) is 10.2 Å². The minimum atomic E-state index is -1.77. The second kappa shape index (κ2) is 3.22. The van der Waals surface area contributed by atoms with Gasteiger partial charge in [0.1, 0.15) is 5.60 Å². The van der Waals surface area contributed by atoms with Crippen LogP contribution in [0.2, 0.25) is 19.6 Å². The highest BCUT2D eigenvalue weighted by Gasteiger charge is 2.39. The fourth-order valence-corrected chi connectivity index (χ4v) is 2.98. The van der Waals surface area contributed by atoms with E-state index in [0.717, 1.165) is 0 Å². The quantitative estimate of drug-likeness (QED) is 0.532. The van der Waals surface area contributed by atoms with Crippen molar-refractivity contribution in [2.45, 2.75) is 37.9 Å². The lowest BCUT2D eigenvalue weighted by Crippen LogP contribution is -2.55. The van der Waals surface area contributed by atoms with Gasteiger partial charge in [0.2, 0.25) is 0 Å². The Morgan fingerprint density at radius 1 is 1.36 bits per heavy atom. The van der Waals surface area contributed by atoms with Crippen molar-refractivity contribution in [1.82, 2.24) is 0 Å². The molecule has 4 heteroatoms. The number of aliphatic hydroxyl groups excluding tert-OH is 2. The zero-order valence-electron chi connectivity index (χ0n) is 7.63. The molecule has 2 atom stereocenters. The first kappa shape index (κ1) is 11.1. The molecule has 0 rings (SSSR count). The van der Waals surface area contributed by atoms with Gasteiger partial charge in [-0.25, -0.2) is 0 Å². The normalized spacial score (nSPS) is 21.0. The van der Waals surface area contributed by atoms with Crippen LogP contribution in [0.4, 0.5) is 0 Å². The van der Waals surface area contributed by atoms with Crippen molar-refractivity contribution in [3.8, 4) is 0 Å². The highest BCUT2D eigenvalue weighted by atomic mass is 28.3. The Morgan fingerprint density at radius 2 is 1.73 bits per heavy atom. The van der Waals surface area contributed by atoms with Gasteiger partial charge in [0, 0.05) is 0 Å². The van der Waals surface area contributed by atoms with Crippen LogP contribution >= 0.6 is 0 Å². The third-order valence-corrected chi connectivity index (χ3v) is 3.99. The van der Waals surface area contributed by atoms with Crippen LogP contribution < -0.4 is 0 Å². The Morgan fingerprint density at radius 3 is 1.82 bits per heavy atom. The molecule has 0 amide bonds. The van der Waals surface area contributed by atoms with E-state index in [2.05, 4.69) is 0 Å². The molecule has 2 unspecified atom stereocenters. The third kappa shape index (κ3) is 2.90. The van der Waals surface area contributed by atoms with Gasteiger partial charge in [-0.05, 0) is 6.92 Å². The average Bonchev–Trinajstić information content (AvgIpc) is 1.84. The van der Waals surface area contributed by atoms with Crippen molar-refractivity contribution in [2.24, 2.45) is 0 Å². The Hall–Kier alpha value is 0.0969. The summed E-state index contributed by atoms with van der Waals surface area (Å²) in [6.07, 6.45) is 0. The summed E-state index contributed by atoms with van der Waals surface area (Å²) in [4.78, 5) is 0. The van der Waals surface area contributed by atoms with Crippen molar-refractivity contribution in [3.05, 3.63) is 0 Å². The SMILES string of the molecule is CC(O)(CO)C(O)[Si](C)(C)C. The Labute approximate surface area is 68.7 Å². The summed E-state index contributed by atoms with van der Waals surface area (Å²) in [5.41, 5.74) is -2.12. The topological polar surface area (TPSA) is 60.7 Å². The van der Waals surface area contributed by atoms with Crippen LogP contribution in [0.3, 0.4) is 0 Å². The monoisotopic (exact) mass is 178 g/mol. The zero-order valence-corrected chi connectivity index (χ0v) is 8.63. The molecule has 3 nitrogen and oxygen atoms in total. The fourth-order valence-electron chi connectivity index (χ4n) is 1.02. The van der Waals surface area contributed by atoms with E-state index in [1.165, 1.54) is 6.92 Å². The molecule has 0 aliphatic heterocycles. The molecule has 0 saturated carbocycles.